The molecule has 0 heterocycles. The molecule has 0 spiro atoms. The van der Waals surface area contributed by atoms with Crippen molar-refractivity contribution in [2.24, 2.45) is 0 Å². The molecule has 5 nitrogen and oxygen atoms in total. The minimum Gasteiger partial charge on any atom is -0.389 e. The van der Waals surface area contributed by atoms with Gasteiger partial charge in [0.15, 0.2) is 0 Å². The van der Waals surface area contributed by atoms with Gasteiger partial charge < -0.3 is 20.2 Å². The van der Waals surface area contributed by atoms with Crippen molar-refractivity contribution in [3.05, 3.63) is 24.3 Å². The highest BCUT2D eigenvalue weighted by Crippen LogP contribution is 2.18. The summed E-state index contributed by atoms with van der Waals surface area (Å²) in [6, 6.07) is 7.54. The number of nitrogens with zero attached hydrogens (tertiary/aromatic N) is 2. The molecule has 0 fully saturated rings. The minimum absolute atomic E-state index is 0.198. The number of hydrogen-bond acceptors (Lipinski definition) is 3. The maximum atomic E-state index is 12.3. The fourth-order valence-electron chi connectivity index (χ4n) is 2.00. The van der Waals surface area contributed by atoms with Crippen LogP contribution in [0.3, 0.4) is 0 Å². The molecular weight excluding hydrogens is 266 g/mol. The maximum absolute atomic E-state index is 12.3. The van der Waals surface area contributed by atoms with E-state index in [1.807, 2.05) is 38.2 Å². The third-order valence-corrected chi connectivity index (χ3v) is 3.26. The van der Waals surface area contributed by atoms with Gasteiger partial charge in [-0.25, -0.2) is 4.79 Å². The lowest BCUT2D eigenvalue weighted by atomic mass is 10.1. The lowest BCUT2D eigenvalue weighted by molar-refractivity contribution is 0.0501. The number of rotatable bonds is 6. The van der Waals surface area contributed by atoms with Crippen molar-refractivity contribution in [2.45, 2.75) is 33.3 Å². The second-order valence-electron chi connectivity index (χ2n) is 5.82. The average Bonchev–Trinajstić information content (AvgIpc) is 2.43. The summed E-state index contributed by atoms with van der Waals surface area (Å²) in [6.07, 6.45) is 0. The third kappa shape index (κ3) is 5.63. The molecule has 1 rings (SSSR count). The zero-order valence-corrected chi connectivity index (χ0v) is 13.7. The summed E-state index contributed by atoms with van der Waals surface area (Å²) < 4.78 is 0. The van der Waals surface area contributed by atoms with E-state index in [1.54, 1.807) is 18.7 Å². The number of anilines is 2. The molecule has 0 aromatic heterocycles. The van der Waals surface area contributed by atoms with Crippen molar-refractivity contribution in [1.29, 1.82) is 0 Å². The standard InChI is InChI=1S/C16H27N3O2/c1-6-18(5)14-10-8-9-13(11-14)17-15(20)19(7-2)12-16(3,4)21/h8-11,21H,6-7,12H2,1-5H3,(H,17,20). The van der Waals surface area contributed by atoms with Gasteiger partial charge in [-0.15, -0.1) is 0 Å². The van der Waals surface area contributed by atoms with Crippen molar-refractivity contribution >= 4 is 17.4 Å². The van der Waals surface area contributed by atoms with Gasteiger partial charge in [0.1, 0.15) is 0 Å². The van der Waals surface area contributed by atoms with E-state index >= 15 is 0 Å². The average molecular weight is 293 g/mol. The van der Waals surface area contributed by atoms with Gasteiger partial charge >= 0.3 is 6.03 Å². The molecule has 0 atom stereocenters. The third-order valence-electron chi connectivity index (χ3n) is 3.26. The lowest BCUT2D eigenvalue weighted by Gasteiger charge is -2.28. The van der Waals surface area contributed by atoms with Crippen molar-refractivity contribution in [3.8, 4) is 0 Å². The van der Waals surface area contributed by atoms with Crippen LogP contribution in [0.1, 0.15) is 27.7 Å². The van der Waals surface area contributed by atoms with Gasteiger partial charge in [0.2, 0.25) is 0 Å². The quantitative estimate of drug-likeness (QED) is 0.848. The van der Waals surface area contributed by atoms with Crippen LogP contribution in [0.4, 0.5) is 16.2 Å². The zero-order valence-electron chi connectivity index (χ0n) is 13.7. The molecular formula is C16H27N3O2. The second-order valence-corrected chi connectivity index (χ2v) is 5.82. The van der Waals surface area contributed by atoms with Crippen LogP contribution < -0.4 is 10.2 Å². The van der Waals surface area contributed by atoms with E-state index < -0.39 is 5.60 Å². The van der Waals surface area contributed by atoms with Crippen LogP contribution in [0, 0.1) is 0 Å². The number of urea groups is 1. The van der Waals surface area contributed by atoms with E-state index in [-0.39, 0.29) is 6.03 Å². The highest BCUT2D eigenvalue weighted by atomic mass is 16.3. The molecule has 5 heteroatoms. The second kappa shape index (κ2) is 7.31. The van der Waals surface area contributed by atoms with Crippen LogP contribution in [-0.4, -0.2) is 48.3 Å². The van der Waals surface area contributed by atoms with Crippen LogP contribution in [0.5, 0.6) is 0 Å². The Morgan fingerprint density at radius 2 is 1.95 bits per heavy atom. The molecule has 0 aliphatic carbocycles. The van der Waals surface area contributed by atoms with Gasteiger partial charge in [0, 0.05) is 31.5 Å². The number of aliphatic hydroxyl groups is 1. The number of nitrogens with one attached hydrogen (secondary N) is 1. The molecule has 1 aromatic carbocycles. The highest BCUT2D eigenvalue weighted by Gasteiger charge is 2.21. The fraction of sp³-hybridized carbons (Fsp3) is 0.562. The molecule has 0 radical (unpaired) electrons. The van der Waals surface area contributed by atoms with E-state index in [0.717, 1.165) is 17.9 Å². The number of carbonyl (C=O) groups is 1. The SMILES string of the molecule is CCN(CC(C)(C)O)C(=O)Nc1cccc(N(C)CC)c1. The summed E-state index contributed by atoms with van der Waals surface area (Å²) in [5, 5.41) is 12.7. The molecule has 0 aliphatic rings. The molecule has 0 bridgehead atoms. The van der Waals surface area contributed by atoms with Crippen molar-refractivity contribution in [3.63, 3.8) is 0 Å². The summed E-state index contributed by atoms with van der Waals surface area (Å²) in [5.74, 6) is 0. The monoisotopic (exact) mass is 293 g/mol. The Morgan fingerprint density at radius 1 is 1.29 bits per heavy atom. The molecule has 118 valence electrons. The molecule has 0 aliphatic heterocycles. The van der Waals surface area contributed by atoms with Crippen LogP contribution in [0.15, 0.2) is 24.3 Å². The van der Waals surface area contributed by atoms with Gasteiger partial charge in [0.25, 0.3) is 0 Å². The van der Waals surface area contributed by atoms with E-state index in [2.05, 4.69) is 17.1 Å². The summed E-state index contributed by atoms with van der Waals surface area (Å²) in [5.41, 5.74) is 0.908. The van der Waals surface area contributed by atoms with E-state index in [9.17, 15) is 9.90 Å². The summed E-state index contributed by atoms with van der Waals surface area (Å²) in [6.45, 7) is 9.10. The molecule has 0 saturated carbocycles. The lowest BCUT2D eigenvalue weighted by Crippen LogP contribution is -2.44. The Bertz CT molecular complexity index is 469. The number of amides is 2. The number of carbonyl (C=O) groups excluding carboxylic acids is 1. The van der Waals surface area contributed by atoms with Crippen LogP contribution in [0.25, 0.3) is 0 Å². The predicted molar refractivity (Wildman–Crippen MR) is 87.9 cm³/mol. The number of hydrogen-bond donors (Lipinski definition) is 2. The smallest absolute Gasteiger partial charge is 0.321 e. The Kier molecular flexibility index (Phi) is 6.03. The maximum Gasteiger partial charge on any atom is 0.321 e. The van der Waals surface area contributed by atoms with Crippen molar-refractivity contribution in [1.82, 2.24) is 4.90 Å². The molecule has 21 heavy (non-hydrogen) atoms. The Hall–Kier alpha value is -1.75. The van der Waals surface area contributed by atoms with Gasteiger partial charge in [-0.1, -0.05) is 6.07 Å². The molecule has 0 unspecified atom stereocenters. The minimum atomic E-state index is -0.905. The topological polar surface area (TPSA) is 55.8 Å². The van der Waals surface area contributed by atoms with E-state index in [1.165, 1.54) is 0 Å². The van der Waals surface area contributed by atoms with Gasteiger partial charge in [-0.2, -0.15) is 0 Å². The van der Waals surface area contributed by atoms with Gasteiger partial charge in [0.05, 0.1) is 12.1 Å². The zero-order chi connectivity index (χ0) is 16.0. The molecule has 2 amide bonds. The van der Waals surface area contributed by atoms with Crippen molar-refractivity contribution < 1.29 is 9.90 Å². The molecule has 2 N–H and O–H groups in total. The van der Waals surface area contributed by atoms with E-state index in [4.69, 9.17) is 0 Å². The Labute approximate surface area is 127 Å². The Morgan fingerprint density at radius 3 is 2.48 bits per heavy atom. The predicted octanol–water partition coefficient (Wildman–Crippen LogP) is 2.77. The highest BCUT2D eigenvalue weighted by molar-refractivity contribution is 5.90. The van der Waals surface area contributed by atoms with Crippen molar-refractivity contribution in [2.75, 3.05) is 36.9 Å². The first-order valence-electron chi connectivity index (χ1n) is 7.36. The van der Waals surface area contributed by atoms with E-state index in [0.29, 0.717) is 13.1 Å². The normalized spacial score (nSPS) is 11.1. The van der Waals surface area contributed by atoms with Crippen LogP contribution in [0.2, 0.25) is 0 Å². The number of likely N-dealkylation sites (N-methyl/N-ethyl adjacent to an activating group) is 1. The molecule has 0 saturated heterocycles. The summed E-state index contributed by atoms with van der Waals surface area (Å²) in [7, 11) is 2.01. The number of benzene rings is 1. The first-order chi connectivity index (χ1) is 9.76. The molecule has 1 aromatic rings. The largest absolute Gasteiger partial charge is 0.389 e. The first-order valence-corrected chi connectivity index (χ1v) is 7.36. The van der Waals surface area contributed by atoms with Crippen LogP contribution >= 0.6 is 0 Å². The van der Waals surface area contributed by atoms with Gasteiger partial charge in [-0.05, 0) is 45.9 Å². The Balaban J connectivity index is 2.77. The van der Waals surface area contributed by atoms with Gasteiger partial charge in [-0.3, -0.25) is 0 Å². The first kappa shape index (κ1) is 17.3. The fourth-order valence-corrected chi connectivity index (χ4v) is 2.00. The van der Waals surface area contributed by atoms with Crippen LogP contribution in [-0.2, 0) is 0 Å². The summed E-state index contributed by atoms with van der Waals surface area (Å²) in [4.78, 5) is 16.0. The summed E-state index contributed by atoms with van der Waals surface area (Å²) >= 11 is 0.